The molecule has 1 saturated carbocycles. The average molecular weight is 325 g/mol. The molecule has 0 radical (unpaired) electrons. The number of hydrogen-bond acceptors (Lipinski definition) is 2. The number of aryl methyl sites for hydroxylation is 1. The van der Waals surface area contributed by atoms with Crippen molar-refractivity contribution >= 4 is 34.8 Å². The Kier molecular flexibility index (Phi) is 5.13. The van der Waals surface area contributed by atoms with Gasteiger partial charge in [0.25, 0.3) is 0 Å². The second kappa shape index (κ2) is 6.68. The Labute approximate surface area is 135 Å². The van der Waals surface area contributed by atoms with Crippen LogP contribution in [0.2, 0.25) is 10.0 Å². The number of hydrogen-bond donors (Lipinski definition) is 1. The first-order valence-corrected chi connectivity index (χ1v) is 7.93. The molecule has 2 rings (SSSR count). The molecule has 112 valence electrons. The summed E-state index contributed by atoms with van der Waals surface area (Å²) < 4.78 is 0. The summed E-state index contributed by atoms with van der Waals surface area (Å²) in [4.78, 5) is 12.6. The predicted octanol–water partition coefficient (Wildman–Crippen LogP) is 5.10. The van der Waals surface area contributed by atoms with E-state index in [2.05, 4.69) is 11.4 Å². The molecule has 1 aromatic carbocycles. The van der Waals surface area contributed by atoms with Crippen LogP contribution in [0.3, 0.4) is 0 Å². The summed E-state index contributed by atoms with van der Waals surface area (Å²) in [6.07, 6.45) is 5.13. The van der Waals surface area contributed by atoms with Gasteiger partial charge in [0.2, 0.25) is 5.91 Å². The van der Waals surface area contributed by atoms with Gasteiger partial charge in [0.1, 0.15) is 5.41 Å². The molecule has 0 aromatic heterocycles. The van der Waals surface area contributed by atoms with Crippen molar-refractivity contribution in [1.82, 2.24) is 0 Å². The van der Waals surface area contributed by atoms with Crippen molar-refractivity contribution in [1.29, 1.82) is 5.26 Å². The lowest BCUT2D eigenvalue weighted by Gasteiger charge is -2.24. The van der Waals surface area contributed by atoms with Crippen molar-refractivity contribution in [2.75, 3.05) is 5.32 Å². The summed E-state index contributed by atoms with van der Waals surface area (Å²) >= 11 is 12.3. The fourth-order valence-electron chi connectivity index (χ4n) is 2.73. The average Bonchev–Trinajstić information content (AvgIpc) is 2.74. The third-order valence-corrected chi connectivity index (χ3v) is 4.93. The van der Waals surface area contributed by atoms with Crippen molar-refractivity contribution in [3.8, 4) is 6.07 Å². The number of nitrogens with one attached hydrogen (secondary N) is 1. The smallest absolute Gasteiger partial charge is 0.244 e. The van der Waals surface area contributed by atoms with Gasteiger partial charge in [-0.1, -0.05) is 55.0 Å². The molecule has 0 bridgehead atoms. The maximum atomic E-state index is 12.6. The highest BCUT2D eigenvalue weighted by Gasteiger charge is 2.39. The molecule has 21 heavy (non-hydrogen) atoms. The van der Waals surface area contributed by atoms with Crippen LogP contribution < -0.4 is 5.32 Å². The largest absolute Gasteiger partial charge is 0.322 e. The van der Waals surface area contributed by atoms with Gasteiger partial charge >= 0.3 is 0 Å². The van der Waals surface area contributed by atoms with Crippen LogP contribution >= 0.6 is 23.2 Å². The van der Waals surface area contributed by atoms with E-state index in [1.54, 1.807) is 12.1 Å². The van der Waals surface area contributed by atoms with Crippen LogP contribution in [0.4, 0.5) is 5.69 Å². The molecule has 1 aromatic rings. The topological polar surface area (TPSA) is 52.9 Å². The molecule has 1 amide bonds. The van der Waals surface area contributed by atoms with Crippen molar-refractivity contribution in [3.63, 3.8) is 0 Å². The Bertz CT molecular complexity index is 585. The van der Waals surface area contributed by atoms with Crippen molar-refractivity contribution in [2.45, 2.75) is 45.4 Å². The molecule has 0 heterocycles. The molecule has 0 saturated heterocycles. The Morgan fingerprint density at radius 2 is 1.86 bits per heavy atom. The number of benzene rings is 1. The van der Waals surface area contributed by atoms with Crippen molar-refractivity contribution in [3.05, 3.63) is 27.7 Å². The van der Waals surface area contributed by atoms with Crippen molar-refractivity contribution in [2.24, 2.45) is 5.41 Å². The quantitative estimate of drug-likeness (QED) is 0.769. The molecule has 1 N–H and O–H groups in total. The molecular formula is C16H18Cl2N2O. The zero-order chi connectivity index (χ0) is 15.5. The molecular weight excluding hydrogens is 307 g/mol. The zero-order valence-corrected chi connectivity index (χ0v) is 13.5. The summed E-state index contributed by atoms with van der Waals surface area (Å²) in [6, 6.07) is 5.73. The highest BCUT2D eigenvalue weighted by atomic mass is 35.5. The summed E-state index contributed by atoms with van der Waals surface area (Å²) in [5, 5.41) is 13.1. The number of anilines is 1. The summed E-state index contributed by atoms with van der Waals surface area (Å²) in [7, 11) is 0. The van der Waals surface area contributed by atoms with Crippen LogP contribution in [0.25, 0.3) is 0 Å². The van der Waals surface area contributed by atoms with Gasteiger partial charge < -0.3 is 5.32 Å². The number of nitriles is 1. The molecule has 1 aliphatic carbocycles. The Morgan fingerprint density at radius 3 is 2.43 bits per heavy atom. The van der Waals surface area contributed by atoms with E-state index in [1.165, 1.54) is 0 Å². The van der Waals surface area contributed by atoms with Crippen LogP contribution in [0.5, 0.6) is 0 Å². The zero-order valence-electron chi connectivity index (χ0n) is 12.0. The Hall–Kier alpha value is -1.24. The number of rotatable bonds is 2. The number of halogens is 2. The fraction of sp³-hybridized carbons (Fsp3) is 0.500. The van der Waals surface area contributed by atoms with E-state index >= 15 is 0 Å². The van der Waals surface area contributed by atoms with Crippen LogP contribution in [0.15, 0.2) is 12.1 Å². The fourth-order valence-corrected chi connectivity index (χ4v) is 3.19. The highest BCUT2D eigenvalue weighted by molar-refractivity contribution is 6.40. The second-order valence-electron chi connectivity index (χ2n) is 5.62. The number of nitrogens with zero attached hydrogens (tertiary/aromatic N) is 1. The van der Waals surface area contributed by atoms with Gasteiger partial charge in [0.15, 0.2) is 0 Å². The summed E-state index contributed by atoms with van der Waals surface area (Å²) in [6.45, 7) is 1.85. The SMILES string of the molecule is Cc1ccc(Cl)c(NC(=O)C2(C#N)CCCCCC2)c1Cl. The molecule has 0 aliphatic heterocycles. The highest BCUT2D eigenvalue weighted by Crippen LogP contribution is 2.38. The van der Waals surface area contributed by atoms with Crippen LogP contribution in [0.1, 0.15) is 44.1 Å². The lowest BCUT2D eigenvalue weighted by atomic mass is 9.81. The van der Waals surface area contributed by atoms with Gasteiger partial charge in [-0.25, -0.2) is 0 Å². The van der Waals surface area contributed by atoms with Gasteiger partial charge in [0, 0.05) is 0 Å². The van der Waals surface area contributed by atoms with Gasteiger partial charge in [0.05, 0.1) is 21.8 Å². The van der Waals surface area contributed by atoms with E-state index in [0.29, 0.717) is 28.6 Å². The van der Waals surface area contributed by atoms with Gasteiger partial charge in [-0.15, -0.1) is 0 Å². The van der Waals surface area contributed by atoms with Crippen LogP contribution in [-0.2, 0) is 4.79 Å². The van der Waals surface area contributed by atoms with Crippen LogP contribution in [-0.4, -0.2) is 5.91 Å². The Balaban J connectivity index is 2.28. The molecule has 3 nitrogen and oxygen atoms in total. The first kappa shape index (κ1) is 16.1. The molecule has 5 heteroatoms. The monoisotopic (exact) mass is 324 g/mol. The second-order valence-corrected chi connectivity index (χ2v) is 6.40. The minimum atomic E-state index is -0.965. The Morgan fingerprint density at radius 1 is 1.24 bits per heavy atom. The van der Waals surface area contributed by atoms with Crippen molar-refractivity contribution < 1.29 is 4.79 Å². The van der Waals surface area contributed by atoms with Gasteiger partial charge in [-0.3, -0.25) is 4.79 Å². The van der Waals surface area contributed by atoms with E-state index in [-0.39, 0.29) is 5.91 Å². The first-order valence-electron chi connectivity index (χ1n) is 7.17. The maximum Gasteiger partial charge on any atom is 0.244 e. The molecule has 1 fully saturated rings. The molecule has 0 spiro atoms. The van der Waals surface area contributed by atoms with E-state index in [1.807, 2.05) is 6.92 Å². The first-order chi connectivity index (χ1) is 10.00. The molecule has 0 unspecified atom stereocenters. The van der Waals surface area contributed by atoms with Gasteiger partial charge in [-0.05, 0) is 31.4 Å². The third-order valence-electron chi connectivity index (χ3n) is 4.13. The van der Waals surface area contributed by atoms with E-state index in [9.17, 15) is 10.1 Å². The molecule has 1 aliphatic rings. The van der Waals surface area contributed by atoms with E-state index < -0.39 is 5.41 Å². The lowest BCUT2D eigenvalue weighted by molar-refractivity contribution is -0.123. The molecule has 0 atom stereocenters. The minimum Gasteiger partial charge on any atom is -0.322 e. The predicted molar refractivity (Wildman–Crippen MR) is 85.6 cm³/mol. The number of carbonyl (C=O) groups excluding carboxylic acids is 1. The van der Waals surface area contributed by atoms with E-state index in [4.69, 9.17) is 23.2 Å². The standard InChI is InChI=1S/C16H18Cl2N2O/c1-11-6-7-12(17)14(13(11)18)20-15(21)16(10-19)8-4-2-3-5-9-16/h6-7H,2-5,8-9H2,1H3,(H,20,21). The normalized spacial score (nSPS) is 17.6. The van der Waals surface area contributed by atoms with E-state index in [0.717, 1.165) is 31.2 Å². The van der Waals surface area contributed by atoms with Gasteiger partial charge in [-0.2, -0.15) is 5.26 Å². The number of carbonyl (C=O) groups is 1. The third kappa shape index (κ3) is 3.33. The lowest BCUT2D eigenvalue weighted by Crippen LogP contribution is -2.34. The summed E-state index contributed by atoms with van der Waals surface area (Å²) in [5.41, 5.74) is 0.276. The maximum absolute atomic E-state index is 12.6. The van der Waals surface area contributed by atoms with Crippen LogP contribution in [0, 0.1) is 23.7 Å². The number of amides is 1. The summed E-state index contributed by atoms with van der Waals surface area (Å²) in [5.74, 6) is -0.290. The minimum absolute atomic E-state index is 0.290.